The maximum atomic E-state index is 12.5. The van der Waals surface area contributed by atoms with E-state index in [9.17, 15) is 8.42 Å². The number of para-hydroxylation sites is 1. The minimum atomic E-state index is -3.53. The van der Waals surface area contributed by atoms with Crippen LogP contribution >= 0.6 is 11.3 Å². The average Bonchev–Trinajstić information content (AvgIpc) is 3.17. The minimum absolute atomic E-state index is 0.326. The molecular weight excluding hydrogens is 368 g/mol. The van der Waals surface area contributed by atoms with Crippen LogP contribution in [0, 0.1) is 0 Å². The van der Waals surface area contributed by atoms with Gasteiger partial charge in [0.05, 0.1) is 5.69 Å². The SMILES string of the molecule is CC(CN1CCNCC1)NCc1ccccc1NS(=O)(=O)c1cccs1. The maximum Gasteiger partial charge on any atom is 0.271 e. The fourth-order valence-corrected chi connectivity index (χ4v) is 5.11. The molecule has 8 heteroatoms. The summed E-state index contributed by atoms with van der Waals surface area (Å²) < 4.78 is 28.0. The van der Waals surface area contributed by atoms with Crippen molar-refractivity contribution in [1.82, 2.24) is 15.5 Å². The predicted molar refractivity (Wildman–Crippen MR) is 107 cm³/mol. The number of nitrogens with one attached hydrogen (secondary N) is 3. The van der Waals surface area contributed by atoms with Crippen molar-refractivity contribution in [1.29, 1.82) is 0 Å². The molecule has 3 rings (SSSR count). The lowest BCUT2D eigenvalue weighted by atomic mass is 10.1. The Bertz CT molecular complexity index is 787. The summed E-state index contributed by atoms with van der Waals surface area (Å²) in [4.78, 5) is 2.44. The minimum Gasteiger partial charge on any atom is -0.314 e. The Labute approximate surface area is 159 Å². The second-order valence-electron chi connectivity index (χ2n) is 6.53. The van der Waals surface area contributed by atoms with Crippen LogP contribution in [0.2, 0.25) is 0 Å². The monoisotopic (exact) mass is 394 g/mol. The van der Waals surface area contributed by atoms with Gasteiger partial charge in [-0.3, -0.25) is 9.62 Å². The molecule has 0 radical (unpaired) electrons. The molecule has 1 atom stereocenters. The molecule has 142 valence electrons. The Balaban J connectivity index is 1.60. The fraction of sp³-hybridized carbons (Fsp3) is 0.444. The van der Waals surface area contributed by atoms with Crippen molar-refractivity contribution in [3.63, 3.8) is 0 Å². The highest BCUT2D eigenvalue weighted by Gasteiger charge is 2.17. The third-order valence-corrected chi connectivity index (χ3v) is 7.17. The highest BCUT2D eigenvalue weighted by atomic mass is 32.2. The molecule has 0 spiro atoms. The zero-order valence-corrected chi connectivity index (χ0v) is 16.6. The Morgan fingerprint density at radius 3 is 2.69 bits per heavy atom. The second kappa shape index (κ2) is 8.96. The van der Waals surface area contributed by atoms with Crippen molar-refractivity contribution in [3.8, 4) is 0 Å². The van der Waals surface area contributed by atoms with E-state index in [4.69, 9.17) is 0 Å². The number of hydrogen-bond acceptors (Lipinski definition) is 6. The van der Waals surface area contributed by atoms with Crippen LogP contribution in [-0.4, -0.2) is 52.1 Å². The van der Waals surface area contributed by atoms with E-state index in [2.05, 4.69) is 27.2 Å². The lowest BCUT2D eigenvalue weighted by Crippen LogP contribution is -2.48. The highest BCUT2D eigenvalue weighted by Crippen LogP contribution is 2.22. The summed E-state index contributed by atoms with van der Waals surface area (Å²) in [5, 5.41) is 8.64. The van der Waals surface area contributed by atoms with Gasteiger partial charge in [0.25, 0.3) is 10.0 Å². The quantitative estimate of drug-likeness (QED) is 0.638. The van der Waals surface area contributed by atoms with Crippen LogP contribution in [0.3, 0.4) is 0 Å². The van der Waals surface area contributed by atoms with Gasteiger partial charge in [0.15, 0.2) is 0 Å². The van der Waals surface area contributed by atoms with Crippen molar-refractivity contribution in [2.24, 2.45) is 0 Å². The molecule has 0 amide bonds. The molecule has 1 fully saturated rings. The van der Waals surface area contributed by atoms with Crippen molar-refractivity contribution < 1.29 is 8.42 Å². The van der Waals surface area contributed by atoms with Gasteiger partial charge < -0.3 is 10.6 Å². The van der Waals surface area contributed by atoms with Crippen molar-refractivity contribution >= 4 is 27.0 Å². The third kappa shape index (κ3) is 5.28. The first kappa shape index (κ1) is 19.3. The molecule has 26 heavy (non-hydrogen) atoms. The molecular formula is C18H26N4O2S2. The number of anilines is 1. The number of hydrogen-bond donors (Lipinski definition) is 3. The zero-order chi connectivity index (χ0) is 18.4. The largest absolute Gasteiger partial charge is 0.314 e. The normalized spacial score (nSPS) is 17.1. The molecule has 3 N–H and O–H groups in total. The van der Waals surface area contributed by atoms with Gasteiger partial charge in [-0.15, -0.1) is 11.3 Å². The molecule has 1 aromatic heterocycles. The first-order valence-electron chi connectivity index (χ1n) is 8.85. The molecule has 0 saturated carbocycles. The second-order valence-corrected chi connectivity index (χ2v) is 9.38. The summed E-state index contributed by atoms with van der Waals surface area (Å²) >= 11 is 1.22. The standard InChI is InChI=1S/C18H26N4O2S2/c1-15(14-22-10-8-19-9-11-22)20-13-16-5-2-3-6-17(16)21-26(23,24)18-7-4-12-25-18/h2-7,12,15,19-21H,8-11,13-14H2,1H3. The average molecular weight is 395 g/mol. The summed E-state index contributed by atoms with van der Waals surface area (Å²) in [7, 11) is -3.53. The van der Waals surface area contributed by atoms with Crippen molar-refractivity contribution in [3.05, 3.63) is 47.3 Å². The maximum absolute atomic E-state index is 12.5. The summed E-state index contributed by atoms with van der Waals surface area (Å²) in [6.45, 7) is 8.01. The van der Waals surface area contributed by atoms with E-state index in [0.29, 0.717) is 22.5 Å². The van der Waals surface area contributed by atoms with Gasteiger partial charge in [-0.25, -0.2) is 8.42 Å². The molecule has 1 saturated heterocycles. The Morgan fingerprint density at radius 1 is 1.19 bits per heavy atom. The third-order valence-electron chi connectivity index (χ3n) is 4.40. The number of sulfonamides is 1. The number of nitrogens with zero attached hydrogens (tertiary/aromatic N) is 1. The van der Waals surface area contributed by atoms with E-state index >= 15 is 0 Å². The first-order chi connectivity index (χ1) is 12.5. The fourth-order valence-electron chi connectivity index (χ4n) is 3.02. The number of benzene rings is 1. The van der Waals surface area contributed by atoms with Crippen LogP contribution in [-0.2, 0) is 16.6 Å². The predicted octanol–water partition coefficient (Wildman–Crippen LogP) is 1.93. The molecule has 2 heterocycles. The molecule has 1 aliphatic heterocycles. The first-order valence-corrected chi connectivity index (χ1v) is 11.2. The van der Waals surface area contributed by atoms with Gasteiger partial charge in [-0.05, 0) is 30.0 Å². The lowest BCUT2D eigenvalue weighted by molar-refractivity contribution is 0.219. The number of thiophene rings is 1. The van der Waals surface area contributed by atoms with Crippen LogP contribution in [0.1, 0.15) is 12.5 Å². The molecule has 0 bridgehead atoms. The van der Waals surface area contributed by atoms with Crippen LogP contribution in [0.4, 0.5) is 5.69 Å². The van der Waals surface area contributed by atoms with E-state index in [1.54, 1.807) is 17.5 Å². The highest BCUT2D eigenvalue weighted by molar-refractivity contribution is 7.94. The van der Waals surface area contributed by atoms with Gasteiger partial charge >= 0.3 is 0 Å². The summed E-state index contributed by atoms with van der Waals surface area (Å²) in [5.41, 5.74) is 1.57. The Kier molecular flexibility index (Phi) is 6.66. The molecule has 1 aromatic carbocycles. The van der Waals surface area contributed by atoms with E-state index in [-0.39, 0.29) is 0 Å². The van der Waals surface area contributed by atoms with Gasteiger partial charge in [0.2, 0.25) is 0 Å². The van der Waals surface area contributed by atoms with Gasteiger partial charge in [0.1, 0.15) is 4.21 Å². The molecule has 1 aliphatic rings. The van der Waals surface area contributed by atoms with Gasteiger partial charge in [-0.1, -0.05) is 24.3 Å². The van der Waals surface area contributed by atoms with Crippen molar-refractivity contribution in [2.75, 3.05) is 37.4 Å². The van der Waals surface area contributed by atoms with E-state index < -0.39 is 10.0 Å². The van der Waals surface area contributed by atoms with Crippen LogP contribution in [0.5, 0.6) is 0 Å². The number of piperazine rings is 1. The zero-order valence-electron chi connectivity index (χ0n) is 14.9. The Morgan fingerprint density at radius 2 is 1.96 bits per heavy atom. The molecule has 6 nitrogen and oxygen atoms in total. The van der Waals surface area contributed by atoms with Gasteiger partial charge in [0, 0.05) is 45.3 Å². The van der Waals surface area contributed by atoms with Gasteiger partial charge in [-0.2, -0.15) is 0 Å². The Hall–Kier alpha value is -1.45. The summed E-state index contributed by atoms with van der Waals surface area (Å²) in [6.07, 6.45) is 0. The lowest BCUT2D eigenvalue weighted by Gasteiger charge is -2.30. The topological polar surface area (TPSA) is 73.5 Å². The van der Waals surface area contributed by atoms with Crippen molar-refractivity contribution in [2.45, 2.75) is 23.7 Å². The summed E-state index contributed by atoms with van der Waals surface area (Å²) in [5.74, 6) is 0. The van der Waals surface area contributed by atoms with Crippen LogP contribution < -0.4 is 15.4 Å². The van der Waals surface area contributed by atoms with E-state index in [0.717, 1.165) is 38.3 Å². The molecule has 0 aliphatic carbocycles. The number of rotatable bonds is 8. The van der Waals surface area contributed by atoms with Crippen LogP contribution in [0.25, 0.3) is 0 Å². The molecule has 1 unspecified atom stereocenters. The summed E-state index contributed by atoms with van der Waals surface area (Å²) in [6, 6.07) is 11.2. The van der Waals surface area contributed by atoms with E-state index in [1.807, 2.05) is 24.3 Å². The van der Waals surface area contributed by atoms with Crippen LogP contribution in [0.15, 0.2) is 46.0 Å². The molecule has 2 aromatic rings. The van der Waals surface area contributed by atoms with E-state index in [1.165, 1.54) is 11.3 Å². The smallest absolute Gasteiger partial charge is 0.271 e.